The number of Topliss-reactive ketones (excluding diaryl/α,β-unsaturated/α-hetero) is 1. The number of anilines is 1. The van der Waals surface area contributed by atoms with Gasteiger partial charge >= 0.3 is 0 Å². The van der Waals surface area contributed by atoms with Crippen molar-refractivity contribution >= 4 is 28.2 Å². The number of benzene rings is 1. The van der Waals surface area contributed by atoms with Crippen LogP contribution in [0.15, 0.2) is 24.3 Å². The Morgan fingerprint density at radius 1 is 1.30 bits per heavy atom. The van der Waals surface area contributed by atoms with Crippen LogP contribution >= 0.6 is 11.3 Å². The minimum absolute atomic E-state index is 0.0689. The lowest BCUT2D eigenvalue weighted by Crippen LogP contribution is -2.31. The van der Waals surface area contributed by atoms with E-state index in [0.29, 0.717) is 27.9 Å². The van der Waals surface area contributed by atoms with E-state index in [2.05, 4.69) is 15.5 Å². The summed E-state index contributed by atoms with van der Waals surface area (Å²) in [6.45, 7) is 3.48. The van der Waals surface area contributed by atoms with E-state index in [1.54, 1.807) is 31.2 Å². The van der Waals surface area contributed by atoms with E-state index in [4.69, 9.17) is 10.5 Å². The van der Waals surface area contributed by atoms with Gasteiger partial charge in [-0.1, -0.05) is 18.3 Å². The SMILES string of the molecule is CCC(=O)c1ccc(OCC(=O)N[C@H](C)c2nnc(N)s2)cc1. The first-order valence-electron chi connectivity index (χ1n) is 7.14. The van der Waals surface area contributed by atoms with Gasteiger partial charge in [-0.05, 0) is 31.2 Å². The summed E-state index contributed by atoms with van der Waals surface area (Å²) in [5.41, 5.74) is 6.14. The van der Waals surface area contributed by atoms with Crippen LogP contribution in [-0.2, 0) is 4.79 Å². The first-order valence-corrected chi connectivity index (χ1v) is 7.95. The average molecular weight is 334 g/mol. The molecule has 0 aliphatic heterocycles. The third-order valence-electron chi connectivity index (χ3n) is 3.07. The number of nitrogens with one attached hydrogen (secondary N) is 1. The molecule has 7 nitrogen and oxygen atoms in total. The Bertz CT molecular complexity index is 684. The van der Waals surface area contributed by atoms with Gasteiger partial charge in [0.15, 0.2) is 12.4 Å². The second-order valence-corrected chi connectivity index (χ2v) is 5.90. The number of rotatable bonds is 7. The lowest BCUT2D eigenvalue weighted by molar-refractivity contribution is -0.123. The number of hydrogen-bond acceptors (Lipinski definition) is 7. The summed E-state index contributed by atoms with van der Waals surface area (Å²) in [5, 5.41) is 11.3. The van der Waals surface area contributed by atoms with Gasteiger partial charge in [0, 0.05) is 12.0 Å². The highest BCUT2D eigenvalue weighted by Crippen LogP contribution is 2.18. The molecule has 0 radical (unpaired) electrons. The van der Waals surface area contributed by atoms with Crippen LogP contribution in [0.3, 0.4) is 0 Å². The summed E-state index contributed by atoms with van der Waals surface area (Å²) < 4.78 is 5.40. The Balaban J connectivity index is 1.83. The fraction of sp³-hybridized carbons (Fsp3) is 0.333. The van der Waals surface area contributed by atoms with Gasteiger partial charge < -0.3 is 15.8 Å². The fourth-order valence-electron chi connectivity index (χ4n) is 1.86. The molecule has 1 heterocycles. The number of aromatic nitrogens is 2. The van der Waals surface area contributed by atoms with Crippen LogP contribution < -0.4 is 15.8 Å². The molecule has 0 saturated carbocycles. The van der Waals surface area contributed by atoms with Crippen molar-refractivity contribution in [3.8, 4) is 5.75 Å². The van der Waals surface area contributed by atoms with Crippen LogP contribution in [0.1, 0.15) is 41.7 Å². The van der Waals surface area contributed by atoms with Crippen molar-refractivity contribution < 1.29 is 14.3 Å². The van der Waals surface area contributed by atoms with Gasteiger partial charge in [0.2, 0.25) is 5.13 Å². The minimum Gasteiger partial charge on any atom is -0.484 e. The Morgan fingerprint density at radius 3 is 2.57 bits per heavy atom. The van der Waals surface area contributed by atoms with Crippen molar-refractivity contribution in [2.45, 2.75) is 26.3 Å². The van der Waals surface area contributed by atoms with Crippen molar-refractivity contribution in [2.75, 3.05) is 12.3 Å². The summed E-state index contributed by atoms with van der Waals surface area (Å²) in [6, 6.07) is 6.43. The zero-order valence-corrected chi connectivity index (χ0v) is 13.7. The summed E-state index contributed by atoms with van der Waals surface area (Å²) in [7, 11) is 0. The first-order chi connectivity index (χ1) is 11.0. The molecule has 2 rings (SSSR count). The predicted molar refractivity (Wildman–Crippen MR) is 87.4 cm³/mol. The number of carbonyl (C=O) groups is 2. The van der Waals surface area contributed by atoms with E-state index >= 15 is 0 Å². The Morgan fingerprint density at radius 2 is 2.00 bits per heavy atom. The van der Waals surface area contributed by atoms with Gasteiger partial charge in [-0.25, -0.2) is 0 Å². The standard InChI is InChI=1S/C15H18N4O3S/c1-3-12(20)10-4-6-11(7-5-10)22-8-13(21)17-9(2)14-18-19-15(16)23-14/h4-7,9H,3,8H2,1-2H3,(H2,16,19)(H,17,21)/t9-/m1/s1. The monoisotopic (exact) mass is 334 g/mol. The van der Waals surface area contributed by atoms with Crippen LogP contribution in [0.4, 0.5) is 5.13 Å². The van der Waals surface area contributed by atoms with Gasteiger partial charge in [-0.2, -0.15) is 0 Å². The molecule has 122 valence electrons. The maximum Gasteiger partial charge on any atom is 0.258 e. The van der Waals surface area contributed by atoms with Crippen molar-refractivity contribution in [2.24, 2.45) is 0 Å². The highest BCUT2D eigenvalue weighted by atomic mass is 32.1. The van der Waals surface area contributed by atoms with Crippen molar-refractivity contribution in [1.29, 1.82) is 0 Å². The molecule has 1 aromatic carbocycles. The minimum atomic E-state index is -0.287. The van der Waals surface area contributed by atoms with E-state index in [9.17, 15) is 9.59 Å². The van der Waals surface area contributed by atoms with Crippen LogP contribution in [0.2, 0.25) is 0 Å². The van der Waals surface area contributed by atoms with Crippen molar-refractivity contribution in [3.05, 3.63) is 34.8 Å². The number of hydrogen-bond donors (Lipinski definition) is 2. The number of carbonyl (C=O) groups excluding carboxylic acids is 2. The van der Waals surface area contributed by atoms with E-state index in [-0.39, 0.29) is 24.3 Å². The topological polar surface area (TPSA) is 107 Å². The zero-order valence-electron chi connectivity index (χ0n) is 12.9. The third-order valence-corrected chi connectivity index (χ3v) is 4.01. The molecule has 0 bridgehead atoms. The second kappa shape index (κ2) is 7.68. The zero-order chi connectivity index (χ0) is 16.8. The lowest BCUT2D eigenvalue weighted by atomic mass is 10.1. The molecule has 1 aromatic heterocycles. The molecular formula is C15H18N4O3S. The largest absolute Gasteiger partial charge is 0.484 e. The average Bonchev–Trinajstić information content (AvgIpc) is 2.99. The molecule has 0 unspecified atom stereocenters. The van der Waals surface area contributed by atoms with Gasteiger partial charge in [0.25, 0.3) is 5.91 Å². The molecule has 23 heavy (non-hydrogen) atoms. The Hall–Kier alpha value is -2.48. The molecule has 0 aliphatic carbocycles. The molecule has 0 fully saturated rings. The molecular weight excluding hydrogens is 316 g/mol. The van der Waals surface area contributed by atoms with Crippen molar-refractivity contribution in [1.82, 2.24) is 15.5 Å². The summed E-state index contributed by atoms with van der Waals surface area (Å²) in [5.74, 6) is 0.319. The summed E-state index contributed by atoms with van der Waals surface area (Å²) in [4.78, 5) is 23.4. The number of ether oxygens (including phenoxy) is 1. The van der Waals surface area contributed by atoms with Crippen LogP contribution in [-0.4, -0.2) is 28.5 Å². The van der Waals surface area contributed by atoms with E-state index < -0.39 is 0 Å². The second-order valence-electron chi connectivity index (χ2n) is 4.86. The van der Waals surface area contributed by atoms with Crippen molar-refractivity contribution in [3.63, 3.8) is 0 Å². The predicted octanol–water partition coefficient (Wildman–Crippen LogP) is 1.97. The number of amides is 1. The number of nitrogens with two attached hydrogens (primary N) is 1. The summed E-state index contributed by atoms with van der Waals surface area (Å²) >= 11 is 1.23. The molecule has 1 atom stereocenters. The fourth-order valence-corrected chi connectivity index (χ4v) is 2.47. The van der Waals surface area contributed by atoms with Crippen LogP contribution in [0, 0.1) is 0 Å². The van der Waals surface area contributed by atoms with Gasteiger partial charge in [-0.15, -0.1) is 10.2 Å². The van der Waals surface area contributed by atoms with Crippen LogP contribution in [0.25, 0.3) is 0 Å². The first kappa shape index (κ1) is 16.9. The highest BCUT2D eigenvalue weighted by molar-refractivity contribution is 7.15. The third kappa shape index (κ3) is 4.75. The van der Waals surface area contributed by atoms with Gasteiger partial charge in [0.05, 0.1) is 6.04 Å². The molecule has 0 saturated heterocycles. The van der Waals surface area contributed by atoms with E-state index in [0.717, 1.165) is 0 Å². The number of nitrogen functional groups attached to an aromatic ring is 1. The Kier molecular flexibility index (Phi) is 5.64. The Labute approximate surface area is 137 Å². The van der Waals surface area contributed by atoms with E-state index in [1.165, 1.54) is 11.3 Å². The number of ketones is 1. The maximum absolute atomic E-state index is 11.9. The van der Waals surface area contributed by atoms with E-state index in [1.807, 2.05) is 6.92 Å². The number of nitrogens with zero attached hydrogens (tertiary/aromatic N) is 2. The molecule has 1 amide bonds. The molecule has 0 spiro atoms. The molecule has 3 N–H and O–H groups in total. The molecule has 0 aliphatic rings. The maximum atomic E-state index is 11.9. The molecule has 8 heteroatoms. The molecule has 2 aromatic rings. The quantitative estimate of drug-likeness (QED) is 0.750. The highest BCUT2D eigenvalue weighted by Gasteiger charge is 2.14. The lowest BCUT2D eigenvalue weighted by Gasteiger charge is -2.11. The van der Waals surface area contributed by atoms with Crippen LogP contribution in [0.5, 0.6) is 5.75 Å². The summed E-state index contributed by atoms with van der Waals surface area (Å²) in [6.07, 6.45) is 0.455. The smallest absolute Gasteiger partial charge is 0.258 e. The van der Waals surface area contributed by atoms with Gasteiger partial charge in [0.1, 0.15) is 10.8 Å². The normalized spacial score (nSPS) is 11.7. The van der Waals surface area contributed by atoms with Gasteiger partial charge in [-0.3, -0.25) is 9.59 Å².